The highest BCUT2D eigenvalue weighted by atomic mass is 19.3. The van der Waals surface area contributed by atoms with E-state index in [-0.39, 0.29) is 123 Å². The van der Waals surface area contributed by atoms with Gasteiger partial charge in [0.15, 0.2) is 69.8 Å². The molecule has 0 bridgehead atoms. The fraction of sp³-hybridized carbons (Fsp3) is 0.170. The highest BCUT2D eigenvalue weighted by Crippen LogP contribution is 2.46. The summed E-state index contributed by atoms with van der Waals surface area (Å²) in [5, 5.41) is -1.15. The molecule has 16 rings (SSSR count). The predicted molar refractivity (Wildman–Crippen MR) is 466 cm³/mol. The Morgan fingerprint density at radius 2 is 0.408 bits per heavy atom. The van der Waals surface area contributed by atoms with E-state index >= 15 is 0 Å². The fourth-order valence-electron chi connectivity index (χ4n) is 15.4. The lowest BCUT2D eigenvalue weighted by Crippen LogP contribution is -2.25. The molecule has 0 heterocycles. The van der Waals surface area contributed by atoms with Gasteiger partial charge in [0.1, 0.15) is 115 Å². The quantitative estimate of drug-likeness (QED) is 0.0308. The van der Waals surface area contributed by atoms with E-state index in [9.17, 15) is 140 Å². The molecule has 142 heavy (non-hydrogen) atoms. The van der Waals surface area contributed by atoms with Crippen molar-refractivity contribution in [2.24, 2.45) is 0 Å². The molecule has 16 aromatic carbocycles. The number of alkyl halides is 8. The summed E-state index contributed by atoms with van der Waals surface area (Å²) in [5.41, 5.74) is -5.70. The second kappa shape index (κ2) is 42.9. The van der Waals surface area contributed by atoms with E-state index in [1.54, 1.807) is 13.8 Å². The SMILES string of the molecule is CCCCCc1cc(F)c(C(F)(F)Oc2ccc(-c3ccc4c(F)c(F)c(F)cc4c3)c(F)c2)c(F)c1.CCCCc1cc(F)c(C(F)(F)Oc2ccc(-c3ccc4c(F)c(F)c(F)cc4c3)c(F)c2)c(F)c1.CCCc1cc(F)c(C(F)(F)Oc2ccc(-c3ccc4c(F)c(F)c(F)cc4c3)c(F)c2)c(F)c1.CCc1cc(F)c(C(F)(F)Oc2ccc(-c3ccc4c(F)c(F)c(F)cc4c3)c(F)c2)c(F)c1. The average molecular weight is 2010 g/mol. The summed E-state index contributed by atoms with van der Waals surface area (Å²) in [6.07, 6.45) is -12.4. The number of fused-ring (bicyclic) bond motifs is 4. The molecular weight excluding hydrogens is 1950 g/mol. The highest BCUT2D eigenvalue weighted by molar-refractivity contribution is 5.92. The zero-order valence-corrected chi connectivity index (χ0v) is 73.6. The van der Waals surface area contributed by atoms with Crippen LogP contribution < -0.4 is 18.9 Å². The van der Waals surface area contributed by atoms with Crippen LogP contribution in [-0.4, -0.2) is 0 Å². The molecule has 0 unspecified atom stereocenters. The normalized spacial score (nSPS) is 11.8. The summed E-state index contributed by atoms with van der Waals surface area (Å²) in [5.74, 6) is -37.0. The predicted octanol–water partition coefficient (Wildman–Crippen LogP) is 34.5. The molecule has 0 aliphatic rings. The first-order valence-corrected chi connectivity index (χ1v) is 42.8. The summed E-state index contributed by atoms with van der Waals surface area (Å²) in [4.78, 5) is 0. The van der Waals surface area contributed by atoms with E-state index in [1.807, 2.05) is 13.8 Å². The third-order valence-electron chi connectivity index (χ3n) is 22.3. The number of rotatable bonds is 26. The Hall–Kier alpha value is -14.5. The average Bonchev–Trinajstić information content (AvgIpc) is 0.783. The molecular formula is C106H68F32O4. The molecule has 0 saturated heterocycles. The van der Waals surface area contributed by atoms with Gasteiger partial charge in [0.05, 0.1) is 0 Å². The van der Waals surface area contributed by atoms with Gasteiger partial charge in [-0.05, 0) is 250 Å². The molecule has 36 heteroatoms. The van der Waals surface area contributed by atoms with Crippen LogP contribution in [0.5, 0.6) is 23.0 Å². The minimum absolute atomic E-state index is 0.0516. The highest BCUT2D eigenvalue weighted by Gasteiger charge is 2.46. The van der Waals surface area contributed by atoms with Crippen molar-refractivity contribution in [1.82, 2.24) is 0 Å². The van der Waals surface area contributed by atoms with E-state index in [0.29, 0.717) is 56.4 Å². The van der Waals surface area contributed by atoms with Gasteiger partial charge in [0.25, 0.3) is 0 Å². The first-order chi connectivity index (χ1) is 67.0. The Morgan fingerprint density at radius 3 is 0.620 bits per heavy atom. The molecule has 0 saturated carbocycles. The molecule has 0 spiro atoms. The number of unbranched alkanes of at least 4 members (excludes halogenated alkanes) is 3. The molecule has 0 fully saturated rings. The second-order valence-corrected chi connectivity index (χ2v) is 32.1. The maximum absolute atomic E-state index is 14.8. The summed E-state index contributed by atoms with van der Waals surface area (Å²) in [7, 11) is 0. The zero-order valence-electron chi connectivity index (χ0n) is 73.6. The molecule has 16 aromatic rings. The monoisotopic (exact) mass is 2010 g/mol. The summed E-state index contributed by atoms with van der Waals surface area (Å²) in [6, 6.07) is 33.9. The lowest BCUT2D eigenvalue weighted by Gasteiger charge is -2.20. The van der Waals surface area contributed by atoms with Gasteiger partial charge in [-0.15, -0.1) is 0 Å². The minimum atomic E-state index is -4.45. The van der Waals surface area contributed by atoms with Crippen molar-refractivity contribution in [3.63, 3.8) is 0 Å². The first-order valence-electron chi connectivity index (χ1n) is 42.8. The van der Waals surface area contributed by atoms with Gasteiger partial charge >= 0.3 is 24.4 Å². The van der Waals surface area contributed by atoms with Crippen LogP contribution in [0.3, 0.4) is 0 Å². The van der Waals surface area contributed by atoms with Gasteiger partial charge in [0, 0.05) is 68.1 Å². The maximum Gasteiger partial charge on any atom is 0.432 e. The number of halogens is 32. The molecule has 740 valence electrons. The van der Waals surface area contributed by atoms with Crippen molar-refractivity contribution in [2.45, 2.75) is 116 Å². The van der Waals surface area contributed by atoms with E-state index in [1.165, 1.54) is 48.5 Å². The Labute approximate surface area is 785 Å². The third kappa shape index (κ3) is 22.9. The van der Waals surface area contributed by atoms with Crippen molar-refractivity contribution in [3.05, 3.63) is 403 Å². The van der Waals surface area contributed by atoms with Gasteiger partial charge in [0.2, 0.25) is 0 Å². The van der Waals surface area contributed by atoms with Crippen LogP contribution in [-0.2, 0) is 50.1 Å². The van der Waals surface area contributed by atoms with E-state index in [0.717, 1.165) is 165 Å². The number of hydrogen-bond donors (Lipinski definition) is 0. The van der Waals surface area contributed by atoms with Crippen LogP contribution in [0.1, 0.15) is 111 Å². The third-order valence-corrected chi connectivity index (χ3v) is 22.3. The lowest BCUT2D eigenvalue weighted by molar-refractivity contribution is -0.190. The standard InChI is InChI=1S/C28H20F8O.C27H18F8O.C26H16F8O.C25H14F8O/c1-2-3-4-5-15-10-22(30)25(23(31)11-15)28(35,36)37-18-7-9-19(21(29)14-18)16-6-8-20-17(12-16)13-24(32)27(34)26(20)33;1-2-3-4-14-9-21(29)24(22(30)10-14)27(34,35)36-17-6-8-18(20(28)13-17)15-5-7-19-16(11-15)12-23(31)26(33)25(19)32;1-2-3-13-8-20(28)23(21(29)9-13)26(33,34)35-16-5-7-17(19(27)12-16)14-4-6-18-15(10-14)11-22(30)25(32)24(18)31;1-2-12-7-19(27)22(20(28)8-12)25(32,33)34-15-4-6-16(18(26)11-15)13-3-5-17-14(9-13)10-21(29)24(31)23(17)30/h6-14H,2-5H2,1H3;5-13H,2-4H2,1H3;4-12H,2-3H2,1H3;3-11H,2H2,1H3. The topological polar surface area (TPSA) is 36.9 Å². The maximum atomic E-state index is 14.8. The smallest absolute Gasteiger partial charge is 0.429 e. The van der Waals surface area contributed by atoms with Crippen LogP contribution in [0.25, 0.3) is 87.6 Å². The van der Waals surface area contributed by atoms with Crippen LogP contribution in [0, 0.1) is 140 Å². The number of hydrogen-bond acceptors (Lipinski definition) is 4. The van der Waals surface area contributed by atoms with Gasteiger partial charge in [-0.1, -0.05) is 102 Å². The molecule has 0 aliphatic carbocycles. The van der Waals surface area contributed by atoms with E-state index in [4.69, 9.17) is 0 Å². The zero-order chi connectivity index (χ0) is 103. The largest absolute Gasteiger partial charge is 0.432 e. The Kier molecular flexibility index (Phi) is 31.7. The lowest BCUT2D eigenvalue weighted by atomic mass is 10.00. The molecule has 0 aliphatic heterocycles. The van der Waals surface area contributed by atoms with Crippen LogP contribution in [0.4, 0.5) is 140 Å². The van der Waals surface area contributed by atoms with Crippen LogP contribution in [0.15, 0.2) is 218 Å². The second-order valence-electron chi connectivity index (χ2n) is 32.1. The Bertz CT molecular complexity index is 7420. The van der Waals surface area contributed by atoms with Crippen molar-refractivity contribution in [3.8, 4) is 67.5 Å². The van der Waals surface area contributed by atoms with Crippen molar-refractivity contribution >= 4 is 43.1 Å². The van der Waals surface area contributed by atoms with Crippen molar-refractivity contribution < 1.29 is 159 Å². The summed E-state index contributed by atoms with van der Waals surface area (Å²) < 4.78 is 472. The Morgan fingerprint density at radius 1 is 0.190 bits per heavy atom. The number of aryl methyl sites for hydroxylation is 4. The van der Waals surface area contributed by atoms with Gasteiger partial charge < -0.3 is 18.9 Å². The first kappa shape index (κ1) is 105. The van der Waals surface area contributed by atoms with Crippen molar-refractivity contribution in [1.29, 1.82) is 0 Å². The van der Waals surface area contributed by atoms with Crippen LogP contribution >= 0.6 is 0 Å². The van der Waals surface area contributed by atoms with E-state index < -0.39 is 209 Å². The molecule has 0 radical (unpaired) electrons. The number of benzene rings is 16. The summed E-state index contributed by atoms with van der Waals surface area (Å²) >= 11 is 0. The number of ether oxygens (including phenoxy) is 4. The molecule has 4 nitrogen and oxygen atoms in total. The van der Waals surface area contributed by atoms with Crippen LogP contribution in [0.2, 0.25) is 0 Å². The molecule has 0 atom stereocenters. The fourth-order valence-corrected chi connectivity index (χ4v) is 15.4. The molecule has 0 N–H and O–H groups in total. The van der Waals surface area contributed by atoms with Gasteiger partial charge in [-0.3, -0.25) is 0 Å². The molecule has 0 aromatic heterocycles. The Balaban J connectivity index is 0.000000159. The minimum Gasteiger partial charge on any atom is -0.429 e. The van der Waals surface area contributed by atoms with Gasteiger partial charge in [-0.25, -0.2) is 105 Å². The summed E-state index contributed by atoms with van der Waals surface area (Å²) in [6.45, 7) is 7.17. The van der Waals surface area contributed by atoms with E-state index in [2.05, 4.69) is 18.9 Å². The van der Waals surface area contributed by atoms with Gasteiger partial charge in [-0.2, -0.15) is 35.1 Å². The molecule has 0 amide bonds. The van der Waals surface area contributed by atoms with Crippen molar-refractivity contribution in [2.75, 3.05) is 0 Å².